The monoisotopic (exact) mass is 521 g/mol. The second-order valence-corrected chi connectivity index (χ2v) is 11.0. The maximum Gasteiger partial charge on any atom is 0.243 e. The van der Waals surface area contributed by atoms with E-state index < -0.39 is 10.0 Å². The van der Waals surface area contributed by atoms with Gasteiger partial charge in [-0.05, 0) is 47.5 Å². The van der Waals surface area contributed by atoms with Crippen molar-refractivity contribution in [2.24, 2.45) is 4.99 Å². The van der Waals surface area contributed by atoms with Gasteiger partial charge in [0, 0.05) is 18.5 Å². The molecule has 3 aromatic carbocycles. The molecule has 9 heteroatoms. The zero-order chi connectivity index (χ0) is 25.1. The molecule has 36 heavy (non-hydrogen) atoms. The van der Waals surface area contributed by atoms with E-state index in [1.165, 1.54) is 4.31 Å². The van der Waals surface area contributed by atoms with E-state index >= 15 is 0 Å². The van der Waals surface area contributed by atoms with Crippen molar-refractivity contribution >= 4 is 27.0 Å². The Bertz CT molecular complexity index is 1520. The van der Waals surface area contributed by atoms with Crippen molar-refractivity contribution in [3.63, 3.8) is 0 Å². The fourth-order valence-corrected chi connectivity index (χ4v) is 6.53. The van der Waals surface area contributed by atoms with Crippen LogP contribution in [-0.2, 0) is 16.6 Å². The Kier molecular flexibility index (Phi) is 6.95. The van der Waals surface area contributed by atoms with Crippen LogP contribution < -0.4 is 14.3 Å². The van der Waals surface area contributed by atoms with Gasteiger partial charge in [0.25, 0.3) is 0 Å². The van der Waals surface area contributed by atoms with Crippen molar-refractivity contribution in [3.8, 4) is 22.8 Å². The Hall–Kier alpha value is -3.40. The Labute approximate surface area is 214 Å². The maximum atomic E-state index is 12.9. The van der Waals surface area contributed by atoms with Crippen LogP contribution in [0.4, 0.5) is 5.69 Å². The summed E-state index contributed by atoms with van der Waals surface area (Å²) >= 11 is 1.55. The second kappa shape index (κ2) is 10.3. The van der Waals surface area contributed by atoms with Gasteiger partial charge in [0.1, 0.15) is 0 Å². The first-order valence-corrected chi connectivity index (χ1v) is 14.1. The largest absolute Gasteiger partial charge is 0.454 e. The molecule has 7 nitrogen and oxygen atoms in total. The highest BCUT2D eigenvalue weighted by molar-refractivity contribution is 7.89. The minimum Gasteiger partial charge on any atom is -0.454 e. The fraction of sp³-hybridized carbons (Fsp3) is 0.222. The van der Waals surface area contributed by atoms with E-state index in [0.717, 1.165) is 38.8 Å². The number of hydrogen-bond donors (Lipinski definition) is 0. The van der Waals surface area contributed by atoms with Crippen molar-refractivity contribution in [2.75, 3.05) is 19.9 Å². The summed E-state index contributed by atoms with van der Waals surface area (Å²) in [6.45, 7) is 5.36. The predicted octanol–water partition coefficient (Wildman–Crippen LogP) is 5.26. The van der Waals surface area contributed by atoms with Crippen LogP contribution in [0.3, 0.4) is 0 Å². The minimum atomic E-state index is -3.52. The van der Waals surface area contributed by atoms with Crippen LogP contribution in [0.15, 0.2) is 88.1 Å². The van der Waals surface area contributed by atoms with Gasteiger partial charge in [-0.15, -0.1) is 11.3 Å². The molecule has 1 aromatic heterocycles. The summed E-state index contributed by atoms with van der Waals surface area (Å²) in [6.07, 6.45) is 0. The lowest BCUT2D eigenvalue weighted by Gasteiger charge is -2.18. The molecule has 1 aliphatic rings. The summed E-state index contributed by atoms with van der Waals surface area (Å²) < 4.78 is 40.5. The highest BCUT2D eigenvalue weighted by Gasteiger charge is 2.22. The first kappa shape index (κ1) is 24.3. The van der Waals surface area contributed by atoms with E-state index in [2.05, 4.69) is 9.95 Å². The third-order valence-corrected chi connectivity index (χ3v) is 8.98. The molecule has 1 aliphatic heterocycles. The van der Waals surface area contributed by atoms with E-state index in [9.17, 15) is 8.42 Å². The number of ether oxygens (including phenoxy) is 2. The van der Waals surface area contributed by atoms with Crippen molar-refractivity contribution in [2.45, 2.75) is 25.3 Å². The Balaban J connectivity index is 1.56. The van der Waals surface area contributed by atoms with Gasteiger partial charge in [-0.1, -0.05) is 50.2 Å². The number of aromatic nitrogens is 1. The molecule has 0 fully saturated rings. The van der Waals surface area contributed by atoms with Crippen LogP contribution in [-0.4, -0.2) is 37.2 Å². The summed E-state index contributed by atoms with van der Waals surface area (Å²) in [5.74, 6) is 1.48. The van der Waals surface area contributed by atoms with E-state index in [-0.39, 0.29) is 6.79 Å². The zero-order valence-electron chi connectivity index (χ0n) is 20.1. The molecule has 0 saturated carbocycles. The number of hydrogen-bond acceptors (Lipinski definition) is 6. The second-order valence-electron chi connectivity index (χ2n) is 8.24. The maximum absolute atomic E-state index is 12.9. The summed E-state index contributed by atoms with van der Waals surface area (Å²) in [6, 6.07) is 22.8. The van der Waals surface area contributed by atoms with Gasteiger partial charge in [0.05, 0.1) is 22.8 Å². The molecule has 0 amide bonds. The summed E-state index contributed by atoms with van der Waals surface area (Å²) in [7, 11) is -3.52. The summed E-state index contributed by atoms with van der Waals surface area (Å²) in [5.41, 5.74) is 3.79. The first-order valence-electron chi connectivity index (χ1n) is 11.8. The summed E-state index contributed by atoms with van der Waals surface area (Å²) in [5, 5.41) is 2.06. The third-order valence-electron chi connectivity index (χ3n) is 6.05. The fourth-order valence-electron chi connectivity index (χ4n) is 4.15. The molecule has 0 unspecified atom stereocenters. The SMILES string of the molecule is CCN(CC)S(=O)(=O)c1ccc(-c2csc(=Nc3ccccc3)n2Cc2ccc3c(c2)OCO3)cc1. The molecule has 0 aliphatic carbocycles. The third kappa shape index (κ3) is 4.82. The van der Waals surface area contributed by atoms with Crippen LogP contribution >= 0.6 is 11.3 Å². The van der Waals surface area contributed by atoms with Gasteiger partial charge in [-0.25, -0.2) is 13.4 Å². The lowest BCUT2D eigenvalue weighted by Crippen LogP contribution is -2.30. The number of sulfonamides is 1. The van der Waals surface area contributed by atoms with Gasteiger partial charge < -0.3 is 14.0 Å². The molecule has 0 atom stereocenters. The van der Waals surface area contributed by atoms with E-state index in [4.69, 9.17) is 14.5 Å². The van der Waals surface area contributed by atoms with E-state index in [0.29, 0.717) is 24.5 Å². The average molecular weight is 522 g/mol. The average Bonchev–Trinajstić information content (AvgIpc) is 3.52. The van der Waals surface area contributed by atoms with Crippen molar-refractivity contribution in [3.05, 3.63) is 88.5 Å². The van der Waals surface area contributed by atoms with E-state index in [1.54, 1.807) is 23.5 Å². The molecule has 4 aromatic rings. The number of fused-ring (bicyclic) bond motifs is 1. The van der Waals surface area contributed by atoms with E-state index in [1.807, 2.05) is 74.5 Å². The van der Waals surface area contributed by atoms with Crippen molar-refractivity contribution in [1.82, 2.24) is 8.87 Å². The topological polar surface area (TPSA) is 73.1 Å². The van der Waals surface area contributed by atoms with Gasteiger partial charge in [-0.3, -0.25) is 0 Å². The summed E-state index contributed by atoms with van der Waals surface area (Å²) in [4.78, 5) is 6.02. The lowest BCUT2D eigenvalue weighted by atomic mass is 10.1. The van der Waals surface area contributed by atoms with Gasteiger partial charge in [0.15, 0.2) is 16.3 Å². The number of rotatable bonds is 8. The van der Waals surface area contributed by atoms with Crippen LogP contribution in [0.1, 0.15) is 19.4 Å². The molecule has 5 rings (SSSR count). The number of nitrogens with zero attached hydrogens (tertiary/aromatic N) is 3. The molecule has 0 spiro atoms. The lowest BCUT2D eigenvalue weighted by molar-refractivity contribution is 0.174. The standard InChI is InChI=1S/C27H27N3O4S2/c1-3-29(4-2)36(31,32)23-13-11-21(12-14-23)24-18-35-27(28-22-8-6-5-7-9-22)30(24)17-20-10-15-25-26(16-20)34-19-33-25/h5-16,18H,3-4,17,19H2,1-2H3. The van der Waals surface area contributed by atoms with Gasteiger partial charge >= 0.3 is 0 Å². The molecule has 0 radical (unpaired) electrons. The minimum absolute atomic E-state index is 0.229. The van der Waals surface area contributed by atoms with Crippen molar-refractivity contribution < 1.29 is 17.9 Å². The van der Waals surface area contributed by atoms with Crippen LogP contribution in [0, 0.1) is 0 Å². The molecule has 2 heterocycles. The predicted molar refractivity (Wildman–Crippen MR) is 141 cm³/mol. The highest BCUT2D eigenvalue weighted by Crippen LogP contribution is 2.33. The van der Waals surface area contributed by atoms with Gasteiger partial charge in [0.2, 0.25) is 16.8 Å². The number of benzene rings is 3. The first-order chi connectivity index (χ1) is 17.5. The quantitative estimate of drug-likeness (QED) is 0.317. The molecule has 0 saturated heterocycles. The van der Waals surface area contributed by atoms with Crippen molar-refractivity contribution in [1.29, 1.82) is 0 Å². The zero-order valence-corrected chi connectivity index (χ0v) is 21.8. The molecule has 0 N–H and O–H groups in total. The number of para-hydroxylation sites is 1. The molecule has 0 bridgehead atoms. The van der Waals surface area contributed by atoms with Crippen LogP contribution in [0.25, 0.3) is 11.3 Å². The normalized spacial score (nSPS) is 13.5. The Morgan fingerprint density at radius 2 is 1.67 bits per heavy atom. The van der Waals surface area contributed by atoms with Crippen LogP contribution in [0.2, 0.25) is 0 Å². The smallest absolute Gasteiger partial charge is 0.243 e. The number of thiazole rings is 1. The van der Waals surface area contributed by atoms with Gasteiger partial charge in [-0.2, -0.15) is 4.31 Å². The molecular weight excluding hydrogens is 494 g/mol. The highest BCUT2D eigenvalue weighted by atomic mass is 32.2. The molecule has 186 valence electrons. The van der Waals surface area contributed by atoms with Crippen LogP contribution in [0.5, 0.6) is 11.5 Å². The molecular formula is C27H27N3O4S2. The Morgan fingerprint density at radius 3 is 2.39 bits per heavy atom. The Morgan fingerprint density at radius 1 is 0.944 bits per heavy atom.